The van der Waals surface area contributed by atoms with Gasteiger partial charge in [0.1, 0.15) is 0 Å². The summed E-state index contributed by atoms with van der Waals surface area (Å²) in [4.78, 5) is 29.4. The van der Waals surface area contributed by atoms with Gasteiger partial charge in [0.25, 0.3) is 5.91 Å². The highest BCUT2D eigenvalue weighted by Crippen LogP contribution is 2.39. The normalized spacial score (nSPS) is 28.4. The maximum Gasteiger partial charge on any atom is 0.253 e. The zero-order chi connectivity index (χ0) is 19.0. The van der Waals surface area contributed by atoms with E-state index in [0.717, 1.165) is 19.6 Å². The number of fused-ring (bicyclic) bond motifs is 1. The molecular formula is C20H26ClN3O3. The Morgan fingerprint density at radius 2 is 1.89 bits per heavy atom. The Balaban J connectivity index is 1.33. The molecule has 0 radical (unpaired) electrons. The molecule has 2 amide bonds. The second-order valence-electron chi connectivity index (χ2n) is 8.14. The van der Waals surface area contributed by atoms with Crippen LogP contribution >= 0.6 is 11.6 Å². The van der Waals surface area contributed by atoms with Crippen LogP contribution < -0.4 is 5.32 Å². The quantitative estimate of drug-likeness (QED) is 0.813. The number of rotatable bonds is 3. The molecule has 27 heavy (non-hydrogen) atoms. The number of carbonyl (C=O) groups is 2. The maximum atomic E-state index is 13.0. The van der Waals surface area contributed by atoms with Crippen LogP contribution in [0.2, 0.25) is 5.02 Å². The van der Waals surface area contributed by atoms with Crippen molar-refractivity contribution in [3.8, 4) is 0 Å². The Bertz CT molecular complexity index is 718. The average molecular weight is 392 g/mol. The predicted molar refractivity (Wildman–Crippen MR) is 103 cm³/mol. The van der Waals surface area contributed by atoms with E-state index in [1.165, 1.54) is 0 Å². The molecule has 2 N–H and O–H groups in total. The number of nitrogens with one attached hydrogen (secondary N) is 1. The smallest absolute Gasteiger partial charge is 0.253 e. The molecule has 0 aliphatic carbocycles. The van der Waals surface area contributed by atoms with E-state index in [-0.39, 0.29) is 29.8 Å². The Kier molecular flexibility index (Phi) is 5.14. The molecule has 3 aliphatic rings. The van der Waals surface area contributed by atoms with Crippen molar-refractivity contribution in [2.24, 2.45) is 17.3 Å². The second kappa shape index (κ2) is 7.41. The van der Waals surface area contributed by atoms with E-state index >= 15 is 0 Å². The number of piperidine rings is 1. The summed E-state index contributed by atoms with van der Waals surface area (Å²) in [5.74, 6) is 0.509. The lowest BCUT2D eigenvalue weighted by atomic mass is 9.82. The number of aliphatic hydroxyl groups excluding tert-OH is 1. The van der Waals surface area contributed by atoms with E-state index in [9.17, 15) is 14.7 Å². The molecule has 0 aromatic heterocycles. The molecule has 6 nitrogen and oxygen atoms in total. The summed E-state index contributed by atoms with van der Waals surface area (Å²) >= 11 is 5.89. The Morgan fingerprint density at radius 1 is 1.19 bits per heavy atom. The number of aliphatic hydroxyl groups is 1. The van der Waals surface area contributed by atoms with E-state index < -0.39 is 0 Å². The van der Waals surface area contributed by atoms with Crippen molar-refractivity contribution in [2.45, 2.75) is 12.8 Å². The predicted octanol–water partition coefficient (Wildman–Crippen LogP) is 1.23. The molecule has 3 fully saturated rings. The zero-order valence-corrected chi connectivity index (χ0v) is 16.1. The third-order valence-electron chi connectivity index (χ3n) is 6.53. The van der Waals surface area contributed by atoms with Gasteiger partial charge in [-0.2, -0.15) is 0 Å². The standard InChI is InChI=1S/C20H26ClN3O3/c21-17-3-1-14(2-4-17)18(26)23-7-5-15(6-8-23)19(27)24-10-16-9-22-11-20(16,12-24)13-25/h1-4,15-16,22,25H,5-13H2. The van der Waals surface area contributed by atoms with Gasteiger partial charge in [-0.15, -0.1) is 0 Å². The molecule has 0 bridgehead atoms. The summed E-state index contributed by atoms with van der Waals surface area (Å²) in [6, 6.07) is 6.93. The topological polar surface area (TPSA) is 72.9 Å². The molecule has 2 atom stereocenters. The first kappa shape index (κ1) is 18.7. The van der Waals surface area contributed by atoms with Crippen molar-refractivity contribution in [1.29, 1.82) is 0 Å². The molecule has 3 aliphatic heterocycles. The fourth-order valence-corrected chi connectivity index (χ4v) is 4.90. The van der Waals surface area contributed by atoms with Crippen molar-refractivity contribution < 1.29 is 14.7 Å². The monoisotopic (exact) mass is 391 g/mol. The van der Waals surface area contributed by atoms with Gasteiger partial charge in [-0.3, -0.25) is 9.59 Å². The van der Waals surface area contributed by atoms with Gasteiger partial charge in [0.2, 0.25) is 5.91 Å². The molecule has 4 rings (SSSR count). The van der Waals surface area contributed by atoms with Crippen LogP contribution in [-0.2, 0) is 4.79 Å². The average Bonchev–Trinajstić information content (AvgIpc) is 3.25. The first-order chi connectivity index (χ1) is 13.0. The van der Waals surface area contributed by atoms with Crippen LogP contribution in [0.5, 0.6) is 0 Å². The Labute approximate surface area is 164 Å². The summed E-state index contributed by atoms with van der Waals surface area (Å²) in [6.45, 7) is 4.36. The van der Waals surface area contributed by atoms with Gasteiger partial charge in [0, 0.05) is 61.2 Å². The van der Waals surface area contributed by atoms with Crippen LogP contribution in [0.3, 0.4) is 0 Å². The fraction of sp³-hybridized carbons (Fsp3) is 0.600. The lowest BCUT2D eigenvalue weighted by molar-refractivity contribution is -0.136. The van der Waals surface area contributed by atoms with E-state index in [1.54, 1.807) is 24.3 Å². The van der Waals surface area contributed by atoms with Gasteiger partial charge in [0.15, 0.2) is 0 Å². The number of benzene rings is 1. The van der Waals surface area contributed by atoms with Gasteiger partial charge in [-0.25, -0.2) is 0 Å². The van der Waals surface area contributed by atoms with Crippen LogP contribution in [-0.4, -0.2) is 72.6 Å². The molecule has 0 saturated carbocycles. The molecule has 1 aromatic carbocycles. The van der Waals surface area contributed by atoms with Gasteiger partial charge in [-0.1, -0.05) is 11.6 Å². The molecule has 3 saturated heterocycles. The minimum Gasteiger partial charge on any atom is -0.396 e. The van der Waals surface area contributed by atoms with Crippen LogP contribution in [0.15, 0.2) is 24.3 Å². The third kappa shape index (κ3) is 3.46. The summed E-state index contributed by atoms with van der Waals surface area (Å²) in [5, 5.41) is 13.8. The Hall–Kier alpha value is -1.63. The van der Waals surface area contributed by atoms with Crippen molar-refractivity contribution >= 4 is 23.4 Å². The first-order valence-electron chi connectivity index (χ1n) is 9.68. The molecule has 3 heterocycles. The van der Waals surface area contributed by atoms with E-state index in [0.29, 0.717) is 49.0 Å². The largest absolute Gasteiger partial charge is 0.396 e. The molecule has 7 heteroatoms. The van der Waals surface area contributed by atoms with Crippen molar-refractivity contribution in [3.05, 3.63) is 34.9 Å². The van der Waals surface area contributed by atoms with Crippen LogP contribution in [0.25, 0.3) is 0 Å². The summed E-state index contributed by atoms with van der Waals surface area (Å²) < 4.78 is 0. The number of hydrogen-bond donors (Lipinski definition) is 2. The first-order valence-corrected chi connectivity index (χ1v) is 10.1. The van der Waals surface area contributed by atoms with Crippen LogP contribution in [0.1, 0.15) is 23.2 Å². The van der Waals surface area contributed by atoms with Crippen molar-refractivity contribution in [3.63, 3.8) is 0 Å². The van der Waals surface area contributed by atoms with Crippen molar-refractivity contribution in [2.75, 3.05) is 45.9 Å². The number of hydrogen-bond acceptors (Lipinski definition) is 4. The highest BCUT2D eigenvalue weighted by atomic mass is 35.5. The van der Waals surface area contributed by atoms with E-state index in [4.69, 9.17) is 11.6 Å². The highest BCUT2D eigenvalue weighted by Gasteiger charge is 2.51. The summed E-state index contributed by atoms with van der Waals surface area (Å²) in [6.07, 6.45) is 1.40. The maximum absolute atomic E-state index is 13.0. The van der Waals surface area contributed by atoms with Crippen LogP contribution in [0.4, 0.5) is 0 Å². The molecular weight excluding hydrogens is 366 g/mol. The SMILES string of the molecule is O=C(c1ccc(Cl)cc1)N1CCC(C(=O)N2CC3CNCC3(CO)C2)CC1. The number of carbonyl (C=O) groups excluding carboxylic acids is 2. The van der Waals surface area contributed by atoms with Crippen molar-refractivity contribution in [1.82, 2.24) is 15.1 Å². The van der Waals surface area contributed by atoms with Gasteiger partial charge in [-0.05, 0) is 43.0 Å². The lowest BCUT2D eigenvalue weighted by Gasteiger charge is -2.34. The molecule has 2 unspecified atom stereocenters. The summed E-state index contributed by atoms with van der Waals surface area (Å²) in [5.41, 5.74) is 0.468. The molecule has 1 aromatic rings. The fourth-order valence-electron chi connectivity index (χ4n) is 4.78. The minimum atomic E-state index is -0.166. The second-order valence-corrected chi connectivity index (χ2v) is 8.58. The zero-order valence-electron chi connectivity index (χ0n) is 15.4. The summed E-state index contributed by atoms with van der Waals surface area (Å²) in [7, 11) is 0. The third-order valence-corrected chi connectivity index (χ3v) is 6.78. The molecule has 146 valence electrons. The van der Waals surface area contributed by atoms with Crippen LogP contribution in [0, 0.1) is 17.3 Å². The number of amides is 2. The van der Waals surface area contributed by atoms with Gasteiger partial charge < -0.3 is 20.2 Å². The van der Waals surface area contributed by atoms with E-state index in [2.05, 4.69) is 5.32 Å². The minimum absolute atomic E-state index is 0.00132. The van der Waals surface area contributed by atoms with E-state index in [1.807, 2.05) is 9.80 Å². The lowest BCUT2D eigenvalue weighted by Crippen LogP contribution is -2.45. The Morgan fingerprint density at radius 3 is 2.52 bits per heavy atom. The molecule has 0 spiro atoms. The number of nitrogens with zero attached hydrogens (tertiary/aromatic N) is 2. The number of halogens is 1. The number of likely N-dealkylation sites (tertiary alicyclic amines) is 2. The highest BCUT2D eigenvalue weighted by molar-refractivity contribution is 6.30. The van der Waals surface area contributed by atoms with Gasteiger partial charge >= 0.3 is 0 Å². The van der Waals surface area contributed by atoms with Gasteiger partial charge in [0.05, 0.1) is 6.61 Å².